The van der Waals surface area contributed by atoms with E-state index in [4.69, 9.17) is 9.15 Å². The standard InChI is InChI=1S/C22H25N3O3.ClH/c1-27-15-22(9-11-23-12-10-22)21(26)24-17-7-8-18-19(14-17)28-20(25-18)13-16-5-3-2-4-6-16;/h2-8,14,23H,9-13,15H2,1H3,(H,24,26);1H. The molecule has 0 atom stereocenters. The van der Waals surface area contributed by atoms with E-state index in [2.05, 4.69) is 27.8 Å². The van der Waals surface area contributed by atoms with Crippen molar-refractivity contribution in [3.05, 3.63) is 60.0 Å². The summed E-state index contributed by atoms with van der Waals surface area (Å²) in [6.45, 7) is 2.06. The minimum Gasteiger partial charge on any atom is -0.440 e. The van der Waals surface area contributed by atoms with Gasteiger partial charge in [-0.2, -0.15) is 0 Å². The number of piperidine rings is 1. The summed E-state index contributed by atoms with van der Waals surface area (Å²) in [5.41, 5.74) is 2.84. The fourth-order valence-corrected chi connectivity index (χ4v) is 3.78. The molecular formula is C22H26ClN3O3. The molecule has 3 aromatic rings. The van der Waals surface area contributed by atoms with Crippen LogP contribution in [0.5, 0.6) is 0 Å². The van der Waals surface area contributed by atoms with Crippen molar-refractivity contribution >= 4 is 35.1 Å². The number of halogens is 1. The molecule has 1 fully saturated rings. The Labute approximate surface area is 176 Å². The number of anilines is 1. The van der Waals surface area contributed by atoms with Crippen LogP contribution in [0.15, 0.2) is 52.9 Å². The van der Waals surface area contributed by atoms with E-state index < -0.39 is 5.41 Å². The second-order valence-electron chi connectivity index (χ2n) is 7.37. The average molecular weight is 416 g/mol. The summed E-state index contributed by atoms with van der Waals surface area (Å²) in [5, 5.41) is 6.36. The van der Waals surface area contributed by atoms with Crippen molar-refractivity contribution < 1.29 is 13.9 Å². The van der Waals surface area contributed by atoms with Crippen LogP contribution in [-0.4, -0.2) is 37.7 Å². The lowest BCUT2D eigenvalue weighted by molar-refractivity contribution is -0.130. The SMILES string of the molecule is COCC1(C(=O)Nc2ccc3nc(Cc4ccccc4)oc3c2)CCNCC1.Cl. The van der Waals surface area contributed by atoms with Crippen molar-refractivity contribution in [3.63, 3.8) is 0 Å². The fourth-order valence-electron chi connectivity index (χ4n) is 3.78. The first kappa shape index (κ1) is 21.3. The number of carbonyl (C=O) groups is 1. The maximum absolute atomic E-state index is 13.0. The fraction of sp³-hybridized carbons (Fsp3) is 0.364. The van der Waals surface area contributed by atoms with Gasteiger partial charge in [0.1, 0.15) is 5.52 Å². The van der Waals surface area contributed by atoms with E-state index in [-0.39, 0.29) is 18.3 Å². The predicted molar refractivity (Wildman–Crippen MR) is 116 cm³/mol. The number of amides is 1. The molecule has 7 heteroatoms. The molecule has 4 rings (SSSR count). The first-order valence-corrected chi connectivity index (χ1v) is 9.63. The minimum atomic E-state index is -0.491. The van der Waals surface area contributed by atoms with Crippen LogP contribution in [0.4, 0.5) is 5.69 Å². The molecule has 6 nitrogen and oxygen atoms in total. The predicted octanol–water partition coefficient (Wildman–Crippen LogP) is 3.80. The quantitative estimate of drug-likeness (QED) is 0.640. The van der Waals surface area contributed by atoms with E-state index in [0.717, 1.165) is 37.0 Å². The molecule has 1 aliphatic rings. The third kappa shape index (κ3) is 4.78. The molecule has 2 aromatic carbocycles. The maximum Gasteiger partial charge on any atom is 0.233 e. The first-order valence-electron chi connectivity index (χ1n) is 9.63. The Morgan fingerprint density at radius 3 is 2.69 bits per heavy atom. The van der Waals surface area contributed by atoms with Crippen molar-refractivity contribution in [1.82, 2.24) is 10.3 Å². The second kappa shape index (κ2) is 9.39. The summed E-state index contributed by atoms with van der Waals surface area (Å²) in [6, 6.07) is 15.7. The molecule has 1 saturated heterocycles. The van der Waals surface area contributed by atoms with Gasteiger partial charge in [-0.3, -0.25) is 4.79 Å². The highest BCUT2D eigenvalue weighted by molar-refractivity contribution is 5.96. The molecule has 29 heavy (non-hydrogen) atoms. The summed E-state index contributed by atoms with van der Waals surface area (Å²) in [5.74, 6) is 0.665. The number of carbonyl (C=O) groups excluding carboxylic acids is 1. The second-order valence-corrected chi connectivity index (χ2v) is 7.37. The van der Waals surface area contributed by atoms with E-state index in [9.17, 15) is 4.79 Å². The highest BCUT2D eigenvalue weighted by Crippen LogP contribution is 2.31. The minimum absolute atomic E-state index is 0. The van der Waals surface area contributed by atoms with Crippen molar-refractivity contribution in [2.75, 3.05) is 32.1 Å². The van der Waals surface area contributed by atoms with Gasteiger partial charge in [0.25, 0.3) is 0 Å². The molecule has 1 aromatic heterocycles. The van der Waals surface area contributed by atoms with Gasteiger partial charge in [-0.1, -0.05) is 30.3 Å². The van der Waals surface area contributed by atoms with Crippen molar-refractivity contribution in [1.29, 1.82) is 0 Å². The number of nitrogens with zero attached hydrogens (tertiary/aromatic N) is 1. The Hall–Kier alpha value is -2.41. The molecule has 1 amide bonds. The summed E-state index contributed by atoms with van der Waals surface area (Å²) < 4.78 is 11.3. The van der Waals surface area contributed by atoms with E-state index in [1.54, 1.807) is 7.11 Å². The first-order chi connectivity index (χ1) is 13.7. The highest BCUT2D eigenvalue weighted by Gasteiger charge is 2.39. The molecule has 2 heterocycles. The molecule has 0 unspecified atom stereocenters. The lowest BCUT2D eigenvalue weighted by Crippen LogP contribution is -2.47. The van der Waals surface area contributed by atoms with Crippen LogP contribution in [0, 0.1) is 5.41 Å². The zero-order valence-electron chi connectivity index (χ0n) is 16.4. The van der Waals surface area contributed by atoms with Gasteiger partial charge in [-0.25, -0.2) is 4.98 Å². The van der Waals surface area contributed by atoms with Crippen LogP contribution in [0.2, 0.25) is 0 Å². The number of methoxy groups -OCH3 is 1. The Morgan fingerprint density at radius 1 is 1.21 bits per heavy atom. The number of ether oxygens (including phenoxy) is 1. The normalized spacial score (nSPS) is 15.6. The van der Waals surface area contributed by atoms with E-state index in [0.29, 0.717) is 30.2 Å². The summed E-state index contributed by atoms with van der Waals surface area (Å²) in [7, 11) is 1.64. The average Bonchev–Trinajstić information content (AvgIpc) is 3.11. The lowest BCUT2D eigenvalue weighted by atomic mass is 9.78. The van der Waals surface area contributed by atoms with Gasteiger partial charge in [-0.05, 0) is 43.6 Å². The number of aromatic nitrogens is 1. The van der Waals surface area contributed by atoms with E-state index >= 15 is 0 Å². The Kier molecular flexibility index (Phi) is 6.90. The number of nitrogens with one attached hydrogen (secondary N) is 2. The molecule has 0 spiro atoms. The van der Waals surface area contributed by atoms with Crippen LogP contribution < -0.4 is 10.6 Å². The molecule has 0 aliphatic carbocycles. The third-order valence-electron chi connectivity index (χ3n) is 5.35. The topological polar surface area (TPSA) is 76.4 Å². The number of oxazole rings is 1. The van der Waals surface area contributed by atoms with E-state index in [1.165, 1.54) is 0 Å². The van der Waals surface area contributed by atoms with Gasteiger partial charge in [-0.15, -0.1) is 12.4 Å². The van der Waals surface area contributed by atoms with Crippen LogP contribution in [-0.2, 0) is 16.0 Å². The number of hydrogen-bond acceptors (Lipinski definition) is 5. The molecule has 1 aliphatic heterocycles. The largest absolute Gasteiger partial charge is 0.440 e. The monoisotopic (exact) mass is 415 g/mol. The van der Waals surface area contributed by atoms with Crippen molar-refractivity contribution in [2.45, 2.75) is 19.3 Å². The van der Waals surface area contributed by atoms with Crippen LogP contribution in [0.25, 0.3) is 11.1 Å². The van der Waals surface area contributed by atoms with E-state index in [1.807, 2.05) is 36.4 Å². The molecular weight excluding hydrogens is 390 g/mol. The molecule has 0 radical (unpaired) electrons. The van der Waals surface area contributed by atoms with Gasteiger partial charge < -0.3 is 19.8 Å². The van der Waals surface area contributed by atoms with Crippen molar-refractivity contribution in [2.24, 2.45) is 5.41 Å². The molecule has 154 valence electrons. The Morgan fingerprint density at radius 2 is 1.97 bits per heavy atom. The van der Waals surface area contributed by atoms with Gasteiger partial charge in [0.15, 0.2) is 11.5 Å². The third-order valence-corrected chi connectivity index (χ3v) is 5.35. The Bertz CT molecular complexity index is 947. The smallest absolute Gasteiger partial charge is 0.233 e. The Balaban J connectivity index is 0.00000240. The van der Waals surface area contributed by atoms with Crippen LogP contribution >= 0.6 is 12.4 Å². The zero-order chi connectivity index (χ0) is 19.4. The molecule has 0 bridgehead atoms. The summed E-state index contributed by atoms with van der Waals surface area (Å²) >= 11 is 0. The van der Waals surface area contributed by atoms with Gasteiger partial charge in [0, 0.05) is 25.3 Å². The lowest BCUT2D eigenvalue weighted by Gasteiger charge is -2.35. The number of rotatable bonds is 6. The zero-order valence-corrected chi connectivity index (χ0v) is 17.3. The van der Waals surface area contributed by atoms with Gasteiger partial charge in [0.05, 0.1) is 12.0 Å². The number of hydrogen-bond donors (Lipinski definition) is 2. The van der Waals surface area contributed by atoms with Crippen molar-refractivity contribution in [3.8, 4) is 0 Å². The number of fused-ring (bicyclic) bond motifs is 1. The maximum atomic E-state index is 13.0. The summed E-state index contributed by atoms with van der Waals surface area (Å²) in [4.78, 5) is 17.6. The van der Waals surface area contributed by atoms with Gasteiger partial charge in [0.2, 0.25) is 5.91 Å². The highest BCUT2D eigenvalue weighted by atomic mass is 35.5. The van der Waals surface area contributed by atoms with Gasteiger partial charge >= 0.3 is 0 Å². The summed E-state index contributed by atoms with van der Waals surface area (Å²) in [6.07, 6.45) is 2.16. The molecule has 2 N–H and O–H groups in total. The van der Waals surface area contributed by atoms with Crippen LogP contribution in [0.1, 0.15) is 24.3 Å². The molecule has 0 saturated carbocycles. The van der Waals surface area contributed by atoms with Crippen LogP contribution in [0.3, 0.4) is 0 Å². The number of benzene rings is 2.